The van der Waals surface area contributed by atoms with Crippen molar-refractivity contribution in [3.63, 3.8) is 0 Å². The molecule has 0 amide bonds. The number of hydrogen-bond acceptors (Lipinski definition) is 1. The average molecular weight is 202 g/mol. The van der Waals surface area contributed by atoms with Crippen LogP contribution in [0.3, 0.4) is 0 Å². The first kappa shape index (κ1) is 16.4. The molecular weight excluding hydrogens is 172 g/mol. The summed E-state index contributed by atoms with van der Waals surface area (Å²) in [6.07, 6.45) is 5.25. The molecule has 0 radical (unpaired) electrons. The van der Waals surface area contributed by atoms with Crippen molar-refractivity contribution >= 4 is 0 Å². The second kappa shape index (κ2) is 8.28. The van der Waals surface area contributed by atoms with E-state index in [9.17, 15) is 0 Å². The third-order valence-corrected chi connectivity index (χ3v) is 2.44. The molecule has 88 valence electrons. The minimum absolute atomic E-state index is 0. The van der Waals surface area contributed by atoms with E-state index < -0.39 is 0 Å². The van der Waals surface area contributed by atoms with E-state index in [0.717, 1.165) is 12.5 Å². The van der Waals surface area contributed by atoms with Gasteiger partial charge >= 0.3 is 0 Å². The Balaban J connectivity index is 0. The molecule has 0 aromatic carbocycles. The first-order chi connectivity index (χ1) is 5.95. The fourth-order valence-electron chi connectivity index (χ4n) is 1.44. The average Bonchev–Trinajstić information content (AvgIpc) is 1.98. The van der Waals surface area contributed by atoms with E-state index in [-0.39, 0.29) is 7.43 Å². The fourth-order valence-corrected chi connectivity index (χ4v) is 1.44. The lowest BCUT2D eigenvalue weighted by atomic mass is 9.88. The van der Waals surface area contributed by atoms with Gasteiger partial charge in [0.25, 0.3) is 0 Å². The molecule has 0 rings (SSSR count). The second-order valence-electron chi connectivity index (χ2n) is 5.34. The Hall–Kier alpha value is -0.0400. The number of rotatable bonds is 6. The van der Waals surface area contributed by atoms with Gasteiger partial charge in [0, 0.05) is 13.7 Å². The van der Waals surface area contributed by atoms with Gasteiger partial charge in [0.05, 0.1) is 0 Å². The van der Waals surface area contributed by atoms with Gasteiger partial charge in [-0.2, -0.15) is 0 Å². The highest BCUT2D eigenvalue weighted by Gasteiger charge is 2.10. The normalized spacial score (nSPS) is 13.5. The smallest absolute Gasteiger partial charge is 0.0464 e. The molecule has 0 heterocycles. The van der Waals surface area contributed by atoms with E-state index in [1.807, 2.05) is 0 Å². The molecule has 0 aliphatic rings. The fraction of sp³-hybridized carbons (Fsp3) is 1.00. The Morgan fingerprint density at radius 3 is 2.14 bits per heavy atom. The van der Waals surface area contributed by atoms with E-state index in [0.29, 0.717) is 5.41 Å². The SMILES string of the molecule is C.COCCC(C)CCCC(C)(C)C. The van der Waals surface area contributed by atoms with Gasteiger partial charge in [0.15, 0.2) is 0 Å². The van der Waals surface area contributed by atoms with Gasteiger partial charge in [-0.3, -0.25) is 0 Å². The van der Waals surface area contributed by atoms with Crippen LogP contribution in [0.15, 0.2) is 0 Å². The summed E-state index contributed by atoms with van der Waals surface area (Å²) in [5.41, 5.74) is 0.501. The summed E-state index contributed by atoms with van der Waals surface area (Å²) in [6, 6.07) is 0. The highest BCUT2D eigenvalue weighted by atomic mass is 16.5. The molecule has 1 unspecified atom stereocenters. The highest BCUT2D eigenvalue weighted by molar-refractivity contribution is 4.62. The lowest BCUT2D eigenvalue weighted by molar-refractivity contribution is 0.176. The topological polar surface area (TPSA) is 9.23 Å². The van der Waals surface area contributed by atoms with Crippen LogP contribution in [0.1, 0.15) is 60.8 Å². The van der Waals surface area contributed by atoms with Gasteiger partial charge in [-0.1, -0.05) is 48.0 Å². The lowest BCUT2D eigenvalue weighted by Crippen LogP contribution is -2.06. The van der Waals surface area contributed by atoms with Crippen LogP contribution in [0, 0.1) is 11.3 Å². The van der Waals surface area contributed by atoms with Crippen molar-refractivity contribution in [2.24, 2.45) is 11.3 Å². The molecule has 0 aliphatic carbocycles. The van der Waals surface area contributed by atoms with Gasteiger partial charge in [0.1, 0.15) is 0 Å². The molecule has 0 saturated heterocycles. The molecule has 1 nitrogen and oxygen atoms in total. The van der Waals surface area contributed by atoms with Crippen LogP contribution in [-0.4, -0.2) is 13.7 Å². The number of hydrogen-bond donors (Lipinski definition) is 0. The zero-order chi connectivity index (χ0) is 10.3. The minimum atomic E-state index is 0. The van der Waals surface area contributed by atoms with E-state index in [1.54, 1.807) is 7.11 Å². The van der Waals surface area contributed by atoms with Crippen LogP contribution in [0.25, 0.3) is 0 Å². The lowest BCUT2D eigenvalue weighted by Gasteiger charge is -2.19. The standard InChI is InChI=1S/C12H26O.CH4/c1-11(8-10-13-5)7-6-9-12(2,3)4;/h11H,6-10H2,1-5H3;1H4. The number of methoxy groups -OCH3 is 1. The first-order valence-corrected chi connectivity index (χ1v) is 5.44. The van der Waals surface area contributed by atoms with Gasteiger partial charge in [-0.05, 0) is 24.2 Å². The molecule has 14 heavy (non-hydrogen) atoms. The molecule has 0 spiro atoms. The van der Waals surface area contributed by atoms with E-state index in [2.05, 4.69) is 27.7 Å². The Bertz CT molecular complexity index is 113. The predicted octanol–water partition coefficient (Wildman–Crippen LogP) is 4.51. The quantitative estimate of drug-likeness (QED) is 0.615. The summed E-state index contributed by atoms with van der Waals surface area (Å²) >= 11 is 0. The summed E-state index contributed by atoms with van der Waals surface area (Å²) in [5, 5.41) is 0. The van der Waals surface area contributed by atoms with E-state index >= 15 is 0 Å². The summed E-state index contributed by atoms with van der Waals surface area (Å²) in [4.78, 5) is 0. The molecule has 0 aromatic heterocycles. The van der Waals surface area contributed by atoms with Crippen molar-refractivity contribution in [3.8, 4) is 0 Å². The molecule has 0 aliphatic heterocycles. The maximum absolute atomic E-state index is 5.06. The van der Waals surface area contributed by atoms with Crippen molar-refractivity contribution < 1.29 is 4.74 Å². The second-order valence-corrected chi connectivity index (χ2v) is 5.34. The van der Waals surface area contributed by atoms with Gasteiger partial charge in [-0.15, -0.1) is 0 Å². The van der Waals surface area contributed by atoms with Crippen LogP contribution in [0.4, 0.5) is 0 Å². The van der Waals surface area contributed by atoms with Gasteiger partial charge in [-0.25, -0.2) is 0 Å². The zero-order valence-corrected chi connectivity index (χ0v) is 10.0. The maximum Gasteiger partial charge on any atom is 0.0464 e. The van der Waals surface area contributed by atoms with Gasteiger partial charge in [0.2, 0.25) is 0 Å². The summed E-state index contributed by atoms with van der Waals surface area (Å²) in [6.45, 7) is 10.2. The minimum Gasteiger partial charge on any atom is -0.385 e. The van der Waals surface area contributed by atoms with Crippen molar-refractivity contribution in [1.29, 1.82) is 0 Å². The Kier molecular flexibility index (Phi) is 9.70. The van der Waals surface area contributed by atoms with E-state index in [1.165, 1.54) is 25.7 Å². The van der Waals surface area contributed by atoms with Crippen molar-refractivity contribution in [2.45, 2.75) is 60.8 Å². The Morgan fingerprint density at radius 1 is 1.14 bits per heavy atom. The first-order valence-electron chi connectivity index (χ1n) is 5.44. The third kappa shape index (κ3) is 12.0. The number of ether oxygens (including phenoxy) is 1. The molecule has 1 atom stereocenters. The van der Waals surface area contributed by atoms with E-state index in [4.69, 9.17) is 4.74 Å². The van der Waals surface area contributed by atoms with Gasteiger partial charge < -0.3 is 4.74 Å². The molecular formula is C13H30O. The molecule has 0 bridgehead atoms. The summed E-state index contributed by atoms with van der Waals surface area (Å²) in [5.74, 6) is 0.822. The summed E-state index contributed by atoms with van der Waals surface area (Å²) in [7, 11) is 1.78. The maximum atomic E-state index is 5.06. The molecule has 0 fully saturated rings. The van der Waals surface area contributed by atoms with Crippen LogP contribution in [0.5, 0.6) is 0 Å². The molecule has 0 aromatic rings. The molecule has 0 N–H and O–H groups in total. The Morgan fingerprint density at radius 2 is 1.71 bits per heavy atom. The van der Waals surface area contributed by atoms with Crippen molar-refractivity contribution in [1.82, 2.24) is 0 Å². The monoisotopic (exact) mass is 202 g/mol. The third-order valence-electron chi connectivity index (χ3n) is 2.44. The zero-order valence-electron chi connectivity index (χ0n) is 10.0. The molecule has 1 heteroatoms. The van der Waals surface area contributed by atoms with Crippen LogP contribution >= 0.6 is 0 Å². The Labute approximate surface area is 91.2 Å². The predicted molar refractivity (Wildman–Crippen MR) is 65.7 cm³/mol. The highest BCUT2D eigenvalue weighted by Crippen LogP contribution is 2.23. The van der Waals surface area contributed by atoms with Crippen LogP contribution < -0.4 is 0 Å². The largest absolute Gasteiger partial charge is 0.385 e. The van der Waals surface area contributed by atoms with Crippen molar-refractivity contribution in [3.05, 3.63) is 0 Å². The molecule has 0 saturated carbocycles. The summed E-state index contributed by atoms with van der Waals surface area (Å²) < 4.78 is 5.06. The van der Waals surface area contributed by atoms with Crippen molar-refractivity contribution in [2.75, 3.05) is 13.7 Å². The van der Waals surface area contributed by atoms with Crippen LogP contribution in [-0.2, 0) is 4.74 Å². The van der Waals surface area contributed by atoms with Crippen LogP contribution in [0.2, 0.25) is 0 Å².